The third-order valence-electron chi connectivity index (χ3n) is 2.61. The summed E-state index contributed by atoms with van der Waals surface area (Å²) in [7, 11) is 0. The summed E-state index contributed by atoms with van der Waals surface area (Å²) < 4.78 is 0. The van der Waals surface area contributed by atoms with Gasteiger partial charge in [0.1, 0.15) is 5.70 Å². The lowest BCUT2D eigenvalue weighted by Crippen LogP contribution is -3.04. The molecule has 0 radical (unpaired) electrons. The quantitative estimate of drug-likeness (QED) is 0.576. The molecule has 0 aromatic heterocycles. The summed E-state index contributed by atoms with van der Waals surface area (Å²) in [6.45, 7) is 5.80. The molecule has 2 heteroatoms. The first kappa shape index (κ1) is 13.4. The van der Waals surface area contributed by atoms with Crippen molar-refractivity contribution in [1.29, 1.82) is 0 Å². The molecular weight excluding hydrogens is 177 g/mol. The number of rotatable bonds is 6. The minimum absolute atomic E-state index is 0. The minimum atomic E-state index is 0. The summed E-state index contributed by atoms with van der Waals surface area (Å²) in [5.41, 5.74) is 1.59. The van der Waals surface area contributed by atoms with Crippen LogP contribution in [0.15, 0.2) is 24.0 Å². The summed E-state index contributed by atoms with van der Waals surface area (Å²) in [6, 6.07) is 0. The molecule has 1 nitrogen and oxygen atoms in total. The second-order valence-electron chi connectivity index (χ2n) is 3.78. The molecule has 0 amide bonds. The lowest BCUT2D eigenvalue weighted by Gasteiger charge is -2.13. The zero-order valence-corrected chi connectivity index (χ0v) is 9.35. The van der Waals surface area contributed by atoms with Gasteiger partial charge in [-0.3, -0.25) is 4.90 Å². The van der Waals surface area contributed by atoms with Crippen LogP contribution in [0.25, 0.3) is 0 Å². The number of quaternary nitrogens is 1. The molecule has 14 heavy (non-hydrogen) atoms. The van der Waals surface area contributed by atoms with E-state index in [1.165, 1.54) is 38.6 Å². The highest BCUT2D eigenvalue weighted by atomic mass is 19.0. The molecule has 1 aliphatic heterocycles. The van der Waals surface area contributed by atoms with Crippen molar-refractivity contribution in [3.63, 3.8) is 0 Å². The van der Waals surface area contributed by atoms with Crippen molar-refractivity contribution in [2.45, 2.75) is 46.0 Å². The van der Waals surface area contributed by atoms with Crippen LogP contribution in [-0.4, -0.2) is 6.54 Å². The van der Waals surface area contributed by atoms with E-state index in [9.17, 15) is 0 Å². The number of unbranched alkanes of at least 4 members (excludes halogenated alkanes) is 2. The highest BCUT2D eigenvalue weighted by molar-refractivity contribution is 5.10. The zero-order chi connectivity index (χ0) is 9.52. The predicted molar refractivity (Wildman–Crippen MR) is 57.5 cm³/mol. The standard InChI is InChI=1S/C12H21N.FH/c1-3-5-8-12-9-7-11-13(12)10-6-4-2;/h7,9,11H,3-6,8,10H2,1-2H3;1H. The van der Waals surface area contributed by atoms with Crippen LogP contribution in [0.3, 0.4) is 0 Å². The summed E-state index contributed by atoms with van der Waals surface area (Å²) >= 11 is 0. The average molecular weight is 199 g/mol. The van der Waals surface area contributed by atoms with E-state index in [1.54, 1.807) is 10.6 Å². The second-order valence-corrected chi connectivity index (χ2v) is 3.78. The van der Waals surface area contributed by atoms with Gasteiger partial charge in [0.25, 0.3) is 0 Å². The smallest absolute Gasteiger partial charge is 0.112 e. The lowest BCUT2D eigenvalue weighted by molar-refractivity contribution is -0.804. The largest absolute Gasteiger partial charge is 1.00 e. The van der Waals surface area contributed by atoms with E-state index in [2.05, 4.69) is 32.2 Å². The predicted octanol–water partition coefficient (Wildman–Crippen LogP) is -0.723. The van der Waals surface area contributed by atoms with Gasteiger partial charge < -0.3 is 4.70 Å². The normalized spacial score (nSPS) is 19.3. The fourth-order valence-electron chi connectivity index (χ4n) is 1.72. The van der Waals surface area contributed by atoms with Gasteiger partial charge in [-0.2, -0.15) is 0 Å². The lowest BCUT2D eigenvalue weighted by atomic mass is 10.2. The molecule has 0 aromatic carbocycles. The van der Waals surface area contributed by atoms with E-state index in [0.717, 1.165) is 0 Å². The van der Waals surface area contributed by atoms with E-state index in [4.69, 9.17) is 0 Å². The fourth-order valence-corrected chi connectivity index (χ4v) is 1.72. The molecule has 1 heterocycles. The van der Waals surface area contributed by atoms with Crippen LogP contribution < -0.4 is 9.60 Å². The minimum Gasteiger partial charge on any atom is -1.00 e. The molecule has 0 saturated carbocycles. The van der Waals surface area contributed by atoms with E-state index < -0.39 is 0 Å². The van der Waals surface area contributed by atoms with Crippen LogP contribution in [-0.2, 0) is 0 Å². The van der Waals surface area contributed by atoms with E-state index in [0.29, 0.717) is 0 Å². The molecule has 0 saturated heterocycles. The highest BCUT2D eigenvalue weighted by Gasteiger charge is 2.14. The first-order valence-corrected chi connectivity index (χ1v) is 5.62. The van der Waals surface area contributed by atoms with Crippen LogP contribution in [0.4, 0.5) is 0 Å². The summed E-state index contributed by atoms with van der Waals surface area (Å²) in [5.74, 6) is 0. The molecule has 1 N–H and O–H groups in total. The third kappa shape index (κ3) is 4.05. The first-order chi connectivity index (χ1) is 6.38. The molecule has 1 unspecified atom stereocenters. The van der Waals surface area contributed by atoms with Gasteiger partial charge in [-0.25, -0.2) is 0 Å². The molecule has 1 rings (SSSR count). The van der Waals surface area contributed by atoms with Crippen molar-refractivity contribution in [2.24, 2.45) is 0 Å². The molecule has 0 fully saturated rings. The molecule has 0 aromatic rings. The Morgan fingerprint density at radius 1 is 1.14 bits per heavy atom. The molecule has 1 atom stereocenters. The number of nitrogens with one attached hydrogen (secondary N) is 1. The molecular formula is C12H22FN. The van der Waals surface area contributed by atoms with Crippen LogP contribution in [0.1, 0.15) is 46.0 Å². The maximum Gasteiger partial charge on any atom is 0.112 e. The van der Waals surface area contributed by atoms with E-state index >= 15 is 0 Å². The molecule has 0 bridgehead atoms. The number of halogens is 1. The Labute approximate surface area is 86.9 Å². The van der Waals surface area contributed by atoms with Gasteiger partial charge in [0.05, 0.1) is 12.7 Å². The van der Waals surface area contributed by atoms with Crippen LogP contribution in [0.2, 0.25) is 0 Å². The van der Waals surface area contributed by atoms with Gasteiger partial charge in [0, 0.05) is 12.5 Å². The third-order valence-corrected chi connectivity index (χ3v) is 2.61. The van der Waals surface area contributed by atoms with Gasteiger partial charge in [-0.15, -0.1) is 0 Å². The Morgan fingerprint density at radius 3 is 2.50 bits per heavy atom. The van der Waals surface area contributed by atoms with Crippen molar-refractivity contribution in [3.05, 3.63) is 24.0 Å². The monoisotopic (exact) mass is 199 g/mol. The first-order valence-electron chi connectivity index (χ1n) is 5.62. The van der Waals surface area contributed by atoms with Crippen molar-refractivity contribution in [1.82, 2.24) is 0 Å². The van der Waals surface area contributed by atoms with Gasteiger partial charge in [0.15, 0.2) is 0 Å². The molecule has 82 valence electrons. The maximum absolute atomic E-state index is 2.29. The SMILES string of the molecule is CCCCC1=CC=C[NH+]1CCCC.[F-]. The van der Waals surface area contributed by atoms with Crippen LogP contribution >= 0.6 is 0 Å². The Balaban J connectivity index is 0.00000169. The Bertz CT molecular complexity index is 196. The van der Waals surface area contributed by atoms with Gasteiger partial charge in [0.2, 0.25) is 0 Å². The van der Waals surface area contributed by atoms with Crippen molar-refractivity contribution < 1.29 is 9.60 Å². The van der Waals surface area contributed by atoms with Crippen molar-refractivity contribution >= 4 is 0 Å². The van der Waals surface area contributed by atoms with Crippen molar-refractivity contribution in [3.8, 4) is 0 Å². The fraction of sp³-hybridized carbons (Fsp3) is 0.667. The molecule has 1 aliphatic rings. The summed E-state index contributed by atoms with van der Waals surface area (Å²) in [5, 5.41) is 0. The topological polar surface area (TPSA) is 4.44 Å². The Hall–Kier alpha value is -0.630. The molecule has 0 aliphatic carbocycles. The Morgan fingerprint density at radius 2 is 1.86 bits per heavy atom. The summed E-state index contributed by atoms with van der Waals surface area (Å²) in [4.78, 5) is 1.59. The number of hydrogen-bond acceptors (Lipinski definition) is 0. The van der Waals surface area contributed by atoms with E-state index in [-0.39, 0.29) is 4.70 Å². The molecule has 0 spiro atoms. The number of hydrogen-bond donors (Lipinski definition) is 1. The van der Waals surface area contributed by atoms with Gasteiger partial charge in [-0.1, -0.05) is 26.7 Å². The highest BCUT2D eigenvalue weighted by Crippen LogP contribution is 2.04. The van der Waals surface area contributed by atoms with Gasteiger partial charge >= 0.3 is 0 Å². The maximum atomic E-state index is 2.29. The van der Waals surface area contributed by atoms with Crippen LogP contribution in [0.5, 0.6) is 0 Å². The van der Waals surface area contributed by atoms with Crippen LogP contribution in [0, 0.1) is 0 Å². The average Bonchev–Trinajstić information content (AvgIpc) is 2.59. The second kappa shape index (κ2) is 7.74. The summed E-state index contributed by atoms with van der Waals surface area (Å²) in [6.07, 6.45) is 13.4. The van der Waals surface area contributed by atoms with E-state index in [1.807, 2.05) is 0 Å². The number of allylic oxidation sites excluding steroid dienone is 3. The Kier molecular flexibility index (Phi) is 7.40. The van der Waals surface area contributed by atoms with Gasteiger partial charge in [-0.05, 0) is 18.9 Å². The zero-order valence-electron chi connectivity index (χ0n) is 9.35. The van der Waals surface area contributed by atoms with Crippen molar-refractivity contribution in [2.75, 3.05) is 6.54 Å².